The molecule has 0 saturated heterocycles. The Labute approximate surface area is 154 Å². The van der Waals surface area contributed by atoms with Crippen molar-refractivity contribution in [3.8, 4) is 5.75 Å². The fraction of sp³-hybridized carbons (Fsp3) is 0.200. The number of aromatic hydroxyl groups is 1. The van der Waals surface area contributed by atoms with Crippen molar-refractivity contribution in [2.75, 3.05) is 0 Å². The minimum absolute atomic E-state index is 0.0350. The van der Waals surface area contributed by atoms with Gasteiger partial charge in [0.15, 0.2) is 0 Å². The Morgan fingerprint density at radius 3 is 2.88 bits per heavy atom. The fourth-order valence-corrected chi connectivity index (χ4v) is 3.64. The zero-order valence-corrected chi connectivity index (χ0v) is 15.0. The highest BCUT2D eigenvalue weighted by atomic mass is 35.5. The third-order valence-corrected chi connectivity index (χ3v) is 5.08. The van der Waals surface area contributed by atoms with Crippen LogP contribution in [0.15, 0.2) is 47.7 Å². The number of H-pyrrole nitrogens is 1. The first-order valence-corrected chi connectivity index (χ1v) is 8.92. The van der Waals surface area contributed by atoms with E-state index in [1.54, 1.807) is 10.6 Å². The van der Waals surface area contributed by atoms with Crippen molar-refractivity contribution in [3.05, 3.63) is 69.4 Å². The maximum Gasteiger partial charge on any atom is 0.262 e. The van der Waals surface area contributed by atoms with Crippen LogP contribution >= 0.6 is 11.6 Å². The van der Waals surface area contributed by atoms with E-state index in [4.69, 9.17) is 11.6 Å². The highest BCUT2D eigenvalue weighted by Crippen LogP contribution is 2.31. The summed E-state index contributed by atoms with van der Waals surface area (Å²) in [4.78, 5) is 20.4. The van der Waals surface area contributed by atoms with Gasteiger partial charge in [-0.05, 0) is 36.1 Å². The summed E-state index contributed by atoms with van der Waals surface area (Å²) in [6.07, 6.45) is 4.76. The van der Waals surface area contributed by atoms with Crippen LogP contribution in [0.25, 0.3) is 21.8 Å². The molecule has 0 atom stereocenters. The van der Waals surface area contributed by atoms with Crippen molar-refractivity contribution >= 4 is 33.4 Å². The van der Waals surface area contributed by atoms with Gasteiger partial charge < -0.3 is 10.1 Å². The lowest BCUT2D eigenvalue weighted by atomic mass is 10.1. The summed E-state index contributed by atoms with van der Waals surface area (Å²) in [7, 11) is 0. The number of phenolic OH excluding ortho intramolecular Hbond substituents is 1. The Kier molecular flexibility index (Phi) is 4.17. The number of benzene rings is 2. The third-order valence-electron chi connectivity index (χ3n) is 4.78. The average molecular weight is 368 g/mol. The van der Waals surface area contributed by atoms with Crippen LogP contribution in [-0.4, -0.2) is 19.6 Å². The van der Waals surface area contributed by atoms with E-state index in [2.05, 4.69) is 16.0 Å². The van der Waals surface area contributed by atoms with Crippen LogP contribution < -0.4 is 5.56 Å². The quantitative estimate of drug-likeness (QED) is 0.571. The highest BCUT2D eigenvalue weighted by Gasteiger charge is 2.15. The number of hydrogen-bond acceptors (Lipinski definition) is 3. The predicted molar refractivity (Wildman–Crippen MR) is 104 cm³/mol. The molecule has 2 heterocycles. The second-order valence-electron chi connectivity index (χ2n) is 6.30. The van der Waals surface area contributed by atoms with Crippen LogP contribution in [0.4, 0.5) is 0 Å². The second kappa shape index (κ2) is 6.50. The summed E-state index contributed by atoms with van der Waals surface area (Å²) in [5.41, 5.74) is 2.93. The molecule has 0 aliphatic heterocycles. The van der Waals surface area contributed by atoms with Gasteiger partial charge in [0, 0.05) is 23.6 Å². The number of hydrogen-bond donors (Lipinski definition) is 2. The molecule has 4 aromatic rings. The number of fused-ring (bicyclic) bond motifs is 2. The molecule has 0 aliphatic carbocycles. The summed E-state index contributed by atoms with van der Waals surface area (Å²) in [6.45, 7) is 2.40. The molecule has 0 aliphatic rings. The van der Waals surface area contributed by atoms with Crippen LogP contribution in [0.2, 0.25) is 5.02 Å². The number of para-hydroxylation sites is 1. The number of halogens is 1. The number of phenols is 1. The van der Waals surface area contributed by atoms with Crippen molar-refractivity contribution in [2.45, 2.75) is 26.3 Å². The second-order valence-corrected chi connectivity index (χ2v) is 6.70. The maximum absolute atomic E-state index is 12.8. The third kappa shape index (κ3) is 2.65. The van der Waals surface area contributed by atoms with Crippen molar-refractivity contribution in [1.29, 1.82) is 0 Å². The molecule has 5 nitrogen and oxygen atoms in total. The van der Waals surface area contributed by atoms with Crippen molar-refractivity contribution in [2.24, 2.45) is 0 Å². The maximum atomic E-state index is 12.8. The Morgan fingerprint density at radius 2 is 2.08 bits per heavy atom. The van der Waals surface area contributed by atoms with Crippen LogP contribution in [0.3, 0.4) is 0 Å². The van der Waals surface area contributed by atoms with E-state index in [-0.39, 0.29) is 22.2 Å². The Morgan fingerprint density at radius 1 is 1.27 bits per heavy atom. The summed E-state index contributed by atoms with van der Waals surface area (Å²) in [5, 5.41) is 12.1. The van der Waals surface area contributed by atoms with Gasteiger partial charge in [-0.25, -0.2) is 4.98 Å². The first-order chi connectivity index (χ1) is 12.6. The van der Waals surface area contributed by atoms with Gasteiger partial charge in [-0.2, -0.15) is 0 Å². The van der Waals surface area contributed by atoms with E-state index in [9.17, 15) is 9.90 Å². The summed E-state index contributed by atoms with van der Waals surface area (Å²) in [6, 6.07) is 9.71. The van der Waals surface area contributed by atoms with Gasteiger partial charge in [-0.15, -0.1) is 0 Å². The number of rotatable bonds is 4. The summed E-state index contributed by atoms with van der Waals surface area (Å²) in [5.74, 6) is 0.0350. The van der Waals surface area contributed by atoms with Crippen LogP contribution in [0.1, 0.15) is 18.1 Å². The minimum Gasteiger partial charge on any atom is -0.505 e. The molecule has 2 aromatic heterocycles. The number of nitrogens with one attached hydrogen (secondary N) is 1. The SMILES string of the molecule is CCc1cc(Cl)c2c(=O)n(CCc3c[nH]c4ccccc34)cnc2c1O. The topological polar surface area (TPSA) is 70.9 Å². The lowest BCUT2D eigenvalue weighted by Gasteiger charge is -2.10. The minimum atomic E-state index is -0.238. The standard InChI is InChI=1S/C20H18ClN3O2/c1-2-12-9-15(21)17-18(19(12)25)23-11-24(20(17)26)8-7-13-10-22-16-6-4-3-5-14(13)16/h3-6,9-11,22,25H,2,7-8H2,1H3. The first-order valence-electron chi connectivity index (χ1n) is 8.54. The van der Waals surface area contributed by atoms with Gasteiger partial charge in [0.05, 0.1) is 16.7 Å². The number of nitrogens with zero attached hydrogens (tertiary/aromatic N) is 2. The molecule has 6 heteroatoms. The summed E-state index contributed by atoms with van der Waals surface area (Å²) >= 11 is 6.30. The van der Waals surface area contributed by atoms with Gasteiger partial charge >= 0.3 is 0 Å². The van der Waals surface area contributed by atoms with Gasteiger partial charge in [-0.1, -0.05) is 36.7 Å². The molecular formula is C20H18ClN3O2. The van der Waals surface area contributed by atoms with E-state index >= 15 is 0 Å². The predicted octanol–water partition coefficient (Wildman–Crippen LogP) is 4.04. The van der Waals surface area contributed by atoms with E-state index < -0.39 is 0 Å². The molecule has 0 saturated carbocycles. The molecular weight excluding hydrogens is 350 g/mol. The lowest BCUT2D eigenvalue weighted by molar-refractivity contribution is 0.473. The van der Waals surface area contributed by atoms with E-state index in [1.807, 2.05) is 31.3 Å². The van der Waals surface area contributed by atoms with Gasteiger partial charge in [0.1, 0.15) is 11.3 Å². The molecule has 0 amide bonds. The van der Waals surface area contributed by atoms with Gasteiger partial charge in [0.25, 0.3) is 5.56 Å². The monoisotopic (exact) mass is 367 g/mol. The van der Waals surface area contributed by atoms with Gasteiger partial charge in [-0.3, -0.25) is 9.36 Å². The molecule has 2 aromatic carbocycles. The molecule has 0 bridgehead atoms. The van der Waals surface area contributed by atoms with Crippen molar-refractivity contribution < 1.29 is 5.11 Å². The highest BCUT2D eigenvalue weighted by molar-refractivity contribution is 6.35. The molecule has 0 spiro atoms. The number of aryl methyl sites for hydroxylation is 3. The lowest BCUT2D eigenvalue weighted by Crippen LogP contribution is -2.22. The number of aromatic nitrogens is 3. The van der Waals surface area contributed by atoms with Gasteiger partial charge in [0.2, 0.25) is 0 Å². The van der Waals surface area contributed by atoms with Crippen molar-refractivity contribution in [3.63, 3.8) is 0 Å². The smallest absolute Gasteiger partial charge is 0.262 e. The largest absolute Gasteiger partial charge is 0.505 e. The molecule has 0 fully saturated rings. The molecule has 0 unspecified atom stereocenters. The van der Waals surface area contributed by atoms with Crippen molar-refractivity contribution in [1.82, 2.24) is 14.5 Å². The molecule has 2 N–H and O–H groups in total. The Bertz CT molecular complexity index is 1180. The summed E-state index contributed by atoms with van der Waals surface area (Å²) < 4.78 is 1.54. The Hall–Kier alpha value is -2.79. The van der Waals surface area contributed by atoms with E-state index in [0.29, 0.717) is 30.0 Å². The first kappa shape index (κ1) is 16.7. The zero-order valence-electron chi connectivity index (χ0n) is 14.3. The molecule has 4 rings (SSSR count). The molecule has 0 radical (unpaired) electrons. The fourth-order valence-electron chi connectivity index (χ4n) is 3.34. The molecule has 26 heavy (non-hydrogen) atoms. The number of aromatic amines is 1. The average Bonchev–Trinajstić information content (AvgIpc) is 3.06. The van der Waals surface area contributed by atoms with Crippen LogP contribution in [0, 0.1) is 0 Å². The zero-order chi connectivity index (χ0) is 18.3. The van der Waals surface area contributed by atoms with Crippen LogP contribution in [0.5, 0.6) is 5.75 Å². The molecule has 132 valence electrons. The Balaban J connectivity index is 1.72. The van der Waals surface area contributed by atoms with E-state index in [0.717, 1.165) is 16.5 Å². The van der Waals surface area contributed by atoms with E-state index in [1.165, 1.54) is 6.33 Å². The van der Waals surface area contributed by atoms with Crippen LogP contribution in [-0.2, 0) is 19.4 Å². The normalized spacial score (nSPS) is 11.5.